The molecular formula is C36H44N8O12. The lowest BCUT2D eigenvalue weighted by Gasteiger charge is -2.22. The van der Waals surface area contributed by atoms with Crippen LogP contribution in [0.3, 0.4) is 0 Å². The molecular weight excluding hydrogens is 736 g/mol. The Balaban J connectivity index is 1.88. The third kappa shape index (κ3) is 16.0. The zero-order valence-electron chi connectivity index (χ0n) is 30.1. The van der Waals surface area contributed by atoms with Gasteiger partial charge in [0.1, 0.15) is 24.2 Å². The van der Waals surface area contributed by atoms with Crippen molar-refractivity contribution in [2.45, 2.75) is 62.7 Å². The number of amides is 8. The van der Waals surface area contributed by atoms with Gasteiger partial charge in [0, 0.05) is 25.7 Å². The topological polar surface area (TPSA) is 307 Å². The molecule has 56 heavy (non-hydrogen) atoms. The molecule has 0 spiro atoms. The van der Waals surface area contributed by atoms with Gasteiger partial charge in [0.15, 0.2) is 0 Å². The van der Waals surface area contributed by atoms with E-state index in [0.29, 0.717) is 11.1 Å². The van der Waals surface area contributed by atoms with Gasteiger partial charge in [0.25, 0.3) is 0 Å². The van der Waals surface area contributed by atoms with Crippen LogP contribution < -0.4 is 42.5 Å². The van der Waals surface area contributed by atoms with Gasteiger partial charge in [-0.2, -0.15) is 0 Å². The molecule has 0 unspecified atom stereocenters. The Hall–Kier alpha value is -6.86. The lowest BCUT2D eigenvalue weighted by molar-refractivity contribution is -0.139. The summed E-state index contributed by atoms with van der Waals surface area (Å²) >= 11 is 0. The molecule has 300 valence electrons. The predicted octanol–water partition coefficient (Wildman–Crippen LogP) is -3.38. The first-order chi connectivity index (χ1) is 26.7. The number of hydrogen-bond acceptors (Lipinski definition) is 10. The molecule has 4 atom stereocenters. The van der Waals surface area contributed by atoms with E-state index >= 15 is 0 Å². The maximum Gasteiger partial charge on any atom is 0.303 e. The van der Waals surface area contributed by atoms with Gasteiger partial charge in [-0.25, -0.2) is 0 Å². The van der Waals surface area contributed by atoms with Gasteiger partial charge in [0.05, 0.1) is 26.2 Å². The summed E-state index contributed by atoms with van der Waals surface area (Å²) in [5.41, 5.74) is 1.22. The van der Waals surface area contributed by atoms with Gasteiger partial charge in [-0.3, -0.25) is 47.9 Å². The summed E-state index contributed by atoms with van der Waals surface area (Å²) in [5, 5.41) is 37.3. The number of hydrogen-bond donors (Lipinski definition) is 10. The fourth-order valence-electron chi connectivity index (χ4n) is 5.34. The molecule has 8 amide bonds. The van der Waals surface area contributed by atoms with E-state index in [1.807, 2.05) is 0 Å². The first-order valence-corrected chi connectivity index (χ1v) is 17.5. The predicted molar refractivity (Wildman–Crippen MR) is 194 cm³/mol. The van der Waals surface area contributed by atoms with Crippen LogP contribution in [0.15, 0.2) is 60.7 Å². The fourth-order valence-corrected chi connectivity index (χ4v) is 5.34. The van der Waals surface area contributed by atoms with E-state index in [1.54, 1.807) is 60.7 Å². The molecule has 20 nitrogen and oxygen atoms in total. The summed E-state index contributed by atoms with van der Waals surface area (Å²) in [7, 11) is 0. The molecule has 2 aromatic rings. The average molecular weight is 781 g/mol. The van der Waals surface area contributed by atoms with E-state index < -0.39 is 122 Å². The SMILES string of the molecule is O=C(O)CC[C@@H]1NC(=O)CNC(=O)[C@H](Cc2ccccc2)NC(=O)CNC(=O)[C@H](CCC(=O)O)NC(=O)CNC(=O)[C@H](Cc2ccccc2)NC(=O)CNC1=O. The fraction of sp³-hybridized carbons (Fsp3) is 0.389. The highest BCUT2D eigenvalue weighted by Crippen LogP contribution is 2.06. The van der Waals surface area contributed by atoms with Crippen LogP contribution in [0.2, 0.25) is 0 Å². The molecule has 1 saturated heterocycles. The molecule has 0 bridgehead atoms. The van der Waals surface area contributed by atoms with Crippen molar-refractivity contribution in [3.05, 3.63) is 71.8 Å². The number of aliphatic carboxylic acids is 2. The summed E-state index contributed by atoms with van der Waals surface area (Å²) in [5.74, 6) is -9.64. The van der Waals surface area contributed by atoms with E-state index in [1.165, 1.54) is 0 Å². The van der Waals surface area contributed by atoms with Gasteiger partial charge in [0.2, 0.25) is 47.3 Å². The molecule has 3 rings (SSSR count). The van der Waals surface area contributed by atoms with Crippen LogP contribution >= 0.6 is 0 Å². The van der Waals surface area contributed by atoms with Crippen LogP contribution in [0.5, 0.6) is 0 Å². The smallest absolute Gasteiger partial charge is 0.303 e. The van der Waals surface area contributed by atoms with Crippen molar-refractivity contribution in [2.24, 2.45) is 0 Å². The molecule has 20 heteroatoms. The van der Waals surface area contributed by atoms with Crippen LogP contribution in [0.1, 0.15) is 36.8 Å². The molecule has 1 aliphatic heterocycles. The van der Waals surface area contributed by atoms with Crippen molar-refractivity contribution in [2.75, 3.05) is 26.2 Å². The van der Waals surface area contributed by atoms with Crippen LogP contribution in [-0.4, -0.2) is 120 Å². The molecule has 1 heterocycles. The van der Waals surface area contributed by atoms with Crippen molar-refractivity contribution < 1.29 is 58.2 Å². The standard InChI is InChI=1S/C36H44N8O12/c45-27-17-39-35(55)25(15-21-7-3-1-4-8-21)43-29(47)19-37-33(53)23(11-13-31(49)50)42-28(46)18-40-36(56)26(16-22-9-5-2-6-10-22)44-30(48)20-38-34(54)24(41-27)12-14-32(51)52/h1-10,23-26H,11-20H2,(H,37,53)(H,38,54)(H,39,55)(H,40,56)(H,41,45)(H,42,46)(H,43,47)(H,44,48)(H,49,50)(H,51,52)/t23-,24-,25-,26-/m0/s1. The van der Waals surface area contributed by atoms with Crippen LogP contribution in [0, 0.1) is 0 Å². The number of carbonyl (C=O) groups is 10. The molecule has 1 fully saturated rings. The van der Waals surface area contributed by atoms with Gasteiger partial charge in [-0.1, -0.05) is 60.7 Å². The van der Waals surface area contributed by atoms with Crippen LogP contribution in [0.25, 0.3) is 0 Å². The summed E-state index contributed by atoms with van der Waals surface area (Å²) < 4.78 is 0. The highest BCUT2D eigenvalue weighted by molar-refractivity contribution is 5.96. The second kappa shape index (κ2) is 22.4. The van der Waals surface area contributed by atoms with E-state index in [9.17, 15) is 58.2 Å². The minimum atomic E-state index is -1.46. The normalized spacial score (nSPS) is 21.3. The highest BCUT2D eigenvalue weighted by Gasteiger charge is 2.28. The molecule has 0 aliphatic carbocycles. The second-order valence-corrected chi connectivity index (χ2v) is 12.6. The summed E-state index contributed by atoms with van der Waals surface area (Å²) in [6, 6.07) is 11.4. The zero-order chi connectivity index (χ0) is 41.0. The summed E-state index contributed by atoms with van der Waals surface area (Å²) in [6.07, 6.45) is -2.00. The van der Waals surface area contributed by atoms with Gasteiger partial charge in [-0.05, 0) is 24.0 Å². The highest BCUT2D eigenvalue weighted by atomic mass is 16.4. The number of carboxylic acids is 2. The lowest BCUT2D eigenvalue weighted by atomic mass is 10.0. The van der Waals surface area contributed by atoms with Crippen molar-refractivity contribution in [1.29, 1.82) is 0 Å². The van der Waals surface area contributed by atoms with Crippen molar-refractivity contribution in [3.63, 3.8) is 0 Å². The molecule has 10 N–H and O–H groups in total. The minimum Gasteiger partial charge on any atom is -0.481 e. The molecule has 0 radical (unpaired) electrons. The third-order valence-electron chi connectivity index (χ3n) is 8.16. The summed E-state index contributed by atoms with van der Waals surface area (Å²) in [4.78, 5) is 127. The first kappa shape index (κ1) is 43.5. The van der Waals surface area contributed by atoms with E-state index in [4.69, 9.17) is 0 Å². The quantitative estimate of drug-likeness (QED) is 0.113. The van der Waals surface area contributed by atoms with Crippen molar-refractivity contribution in [3.8, 4) is 0 Å². The maximum atomic E-state index is 13.3. The third-order valence-corrected chi connectivity index (χ3v) is 8.16. The monoisotopic (exact) mass is 780 g/mol. The van der Waals surface area contributed by atoms with Crippen LogP contribution in [-0.2, 0) is 60.8 Å². The Labute approximate surface area is 320 Å². The van der Waals surface area contributed by atoms with Gasteiger partial charge in [-0.15, -0.1) is 0 Å². The average Bonchev–Trinajstić information content (AvgIpc) is 3.17. The number of benzene rings is 2. The second-order valence-electron chi connectivity index (χ2n) is 12.6. The largest absolute Gasteiger partial charge is 0.481 e. The lowest BCUT2D eigenvalue weighted by Crippen LogP contribution is -2.56. The Morgan fingerprint density at radius 1 is 0.446 bits per heavy atom. The molecule has 2 aromatic carbocycles. The maximum absolute atomic E-state index is 13.3. The Bertz CT molecular complexity index is 1630. The van der Waals surface area contributed by atoms with Crippen molar-refractivity contribution >= 4 is 59.2 Å². The van der Waals surface area contributed by atoms with Gasteiger partial charge < -0.3 is 52.7 Å². The van der Waals surface area contributed by atoms with E-state index in [-0.39, 0.29) is 25.7 Å². The first-order valence-electron chi connectivity index (χ1n) is 17.5. The number of nitrogens with one attached hydrogen (secondary N) is 8. The Kier molecular flexibility index (Phi) is 17.4. The minimum absolute atomic E-state index is 0.0606. The molecule has 1 aliphatic rings. The molecule has 0 saturated carbocycles. The van der Waals surface area contributed by atoms with Crippen LogP contribution in [0.4, 0.5) is 0 Å². The number of carbonyl (C=O) groups excluding carboxylic acids is 8. The Morgan fingerprint density at radius 2 is 0.714 bits per heavy atom. The summed E-state index contributed by atoms with van der Waals surface area (Å²) in [6.45, 7) is -2.85. The Morgan fingerprint density at radius 3 is 1.00 bits per heavy atom. The molecule has 0 aromatic heterocycles. The zero-order valence-corrected chi connectivity index (χ0v) is 30.1. The van der Waals surface area contributed by atoms with E-state index in [2.05, 4.69) is 42.5 Å². The van der Waals surface area contributed by atoms with Crippen molar-refractivity contribution in [1.82, 2.24) is 42.5 Å². The van der Waals surface area contributed by atoms with E-state index in [0.717, 1.165) is 0 Å². The van der Waals surface area contributed by atoms with Gasteiger partial charge >= 0.3 is 11.9 Å². The number of rotatable bonds is 10. The number of carboxylic acid groups (broad SMARTS) is 2.